The van der Waals surface area contributed by atoms with Crippen molar-refractivity contribution in [1.29, 1.82) is 0 Å². The van der Waals surface area contributed by atoms with Crippen LogP contribution < -0.4 is 10.1 Å². The fourth-order valence-electron chi connectivity index (χ4n) is 2.35. The molecule has 0 unspecified atom stereocenters. The third-order valence-corrected chi connectivity index (χ3v) is 4.30. The molecule has 3 rings (SSSR count). The van der Waals surface area contributed by atoms with Crippen LogP contribution in [0.3, 0.4) is 0 Å². The number of hydrogen-bond acceptors (Lipinski definition) is 4. The van der Waals surface area contributed by atoms with Crippen molar-refractivity contribution in [3.8, 4) is 17.0 Å². The third-order valence-electron chi connectivity index (χ3n) is 3.55. The molecule has 0 saturated heterocycles. The van der Waals surface area contributed by atoms with Crippen LogP contribution in [-0.2, 0) is 0 Å². The van der Waals surface area contributed by atoms with Gasteiger partial charge in [0.15, 0.2) is 5.13 Å². The highest BCUT2D eigenvalue weighted by Crippen LogP contribution is 2.33. The molecule has 1 amide bonds. The Morgan fingerprint density at radius 3 is 2.60 bits per heavy atom. The smallest absolute Gasteiger partial charge is 0.263 e. The van der Waals surface area contributed by atoms with E-state index >= 15 is 0 Å². The third kappa shape index (κ3) is 3.51. The van der Waals surface area contributed by atoms with Gasteiger partial charge in [-0.05, 0) is 31.2 Å². The largest absolute Gasteiger partial charge is 0.496 e. The number of carbonyl (C=O) groups is 1. The number of aromatic nitrogens is 1. The second-order valence-corrected chi connectivity index (χ2v) is 6.15. The number of ether oxygens (including phenoxy) is 1. The molecule has 0 atom stereocenters. The van der Waals surface area contributed by atoms with E-state index in [9.17, 15) is 13.6 Å². The SMILES string of the molecule is COc1ccc(C)cc1-c1csc(NC(=O)c2c(F)cccc2F)n1. The lowest BCUT2D eigenvalue weighted by atomic mass is 10.1. The van der Waals surface area contributed by atoms with Crippen molar-refractivity contribution < 1.29 is 18.3 Å². The molecule has 0 radical (unpaired) electrons. The van der Waals surface area contributed by atoms with Crippen molar-refractivity contribution in [2.75, 3.05) is 12.4 Å². The first kappa shape index (κ1) is 17.0. The summed E-state index contributed by atoms with van der Waals surface area (Å²) in [4.78, 5) is 16.4. The minimum absolute atomic E-state index is 0.242. The number of anilines is 1. The zero-order valence-corrected chi connectivity index (χ0v) is 14.3. The van der Waals surface area contributed by atoms with Gasteiger partial charge in [0.2, 0.25) is 0 Å². The lowest BCUT2D eigenvalue weighted by molar-refractivity contribution is 0.101. The standard InChI is InChI=1S/C18H14F2N2O2S/c1-10-6-7-15(24-2)11(8-10)14-9-25-18(21-14)22-17(23)16-12(19)4-3-5-13(16)20/h3-9H,1-2H3,(H,21,22,23). The maximum absolute atomic E-state index is 13.7. The summed E-state index contributed by atoms with van der Waals surface area (Å²) in [6.07, 6.45) is 0. The van der Waals surface area contributed by atoms with Gasteiger partial charge in [-0.15, -0.1) is 11.3 Å². The van der Waals surface area contributed by atoms with Crippen LogP contribution in [0.1, 0.15) is 15.9 Å². The summed E-state index contributed by atoms with van der Waals surface area (Å²) < 4.78 is 32.7. The van der Waals surface area contributed by atoms with Crippen molar-refractivity contribution in [2.24, 2.45) is 0 Å². The van der Waals surface area contributed by atoms with Crippen LogP contribution in [0.25, 0.3) is 11.3 Å². The normalized spacial score (nSPS) is 10.6. The quantitative estimate of drug-likeness (QED) is 0.736. The highest BCUT2D eigenvalue weighted by atomic mass is 32.1. The number of benzene rings is 2. The first-order valence-electron chi connectivity index (χ1n) is 7.35. The number of rotatable bonds is 4. The van der Waals surface area contributed by atoms with Crippen LogP contribution in [0.5, 0.6) is 5.75 Å². The molecule has 1 N–H and O–H groups in total. The van der Waals surface area contributed by atoms with Crippen LogP contribution in [0.2, 0.25) is 0 Å². The Morgan fingerprint density at radius 1 is 1.20 bits per heavy atom. The van der Waals surface area contributed by atoms with E-state index in [1.807, 2.05) is 25.1 Å². The molecule has 2 aromatic carbocycles. The van der Waals surface area contributed by atoms with E-state index in [-0.39, 0.29) is 5.13 Å². The summed E-state index contributed by atoms with van der Waals surface area (Å²) in [6.45, 7) is 1.94. The molecule has 0 fully saturated rings. The molecule has 3 aromatic rings. The van der Waals surface area contributed by atoms with Crippen molar-refractivity contribution in [1.82, 2.24) is 4.98 Å². The van der Waals surface area contributed by atoms with Gasteiger partial charge < -0.3 is 4.74 Å². The van der Waals surface area contributed by atoms with Gasteiger partial charge in [0.25, 0.3) is 5.91 Å². The Hall–Kier alpha value is -2.80. The summed E-state index contributed by atoms with van der Waals surface area (Å²) in [5.74, 6) is -2.08. The van der Waals surface area contributed by atoms with E-state index in [1.54, 1.807) is 12.5 Å². The van der Waals surface area contributed by atoms with Crippen molar-refractivity contribution in [3.05, 3.63) is 64.5 Å². The molecule has 0 saturated carbocycles. The molecular weight excluding hydrogens is 346 g/mol. The van der Waals surface area contributed by atoms with Crippen LogP contribution >= 0.6 is 11.3 Å². The highest BCUT2D eigenvalue weighted by molar-refractivity contribution is 7.14. The molecule has 0 aliphatic rings. The fraction of sp³-hybridized carbons (Fsp3) is 0.111. The molecule has 0 aliphatic carbocycles. The Morgan fingerprint density at radius 2 is 1.92 bits per heavy atom. The van der Waals surface area contributed by atoms with E-state index in [2.05, 4.69) is 10.3 Å². The second kappa shape index (κ2) is 6.98. The van der Waals surface area contributed by atoms with Crippen molar-refractivity contribution in [3.63, 3.8) is 0 Å². The average molecular weight is 360 g/mol. The van der Waals surface area contributed by atoms with Crippen LogP contribution in [-0.4, -0.2) is 18.0 Å². The number of halogens is 2. The molecule has 0 bridgehead atoms. The lowest BCUT2D eigenvalue weighted by Crippen LogP contribution is -2.15. The number of carbonyl (C=O) groups excluding carboxylic acids is 1. The maximum atomic E-state index is 13.7. The van der Waals surface area contributed by atoms with E-state index in [4.69, 9.17) is 4.74 Å². The van der Waals surface area contributed by atoms with Crippen LogP contribution in [0, 0.1) is 18.6 Å². The Kier molecular flexibility index (Phi) is 4.76. The minimum Gasteiger partial charge on any atom is -0.496 e. The Bertz CT molecular complexity index is 920. The number of nitrogens with one attached hydrogen (secondary N) is 1. The van der Waals surface area contributed by atoms with Gasteiger partial charge in [0.05, 0.1) is 12.8 Å². The monoisotopic (exact) mass is 360 g/mol. The average Bonchev–Trinajstić information content (AvgIpc) is 3.03. The summed E-state index contributed by atoms with van der Waals surface area (Å²) in [6, 6.07) is 8.92. The molecule has 0 aliphatic heterocycles. The van der Waals surface area contributed by atoms with Gasteiger partial charge in [0, 0.05) is 10.9 Å². The lowest BCUT2D eigenvalue weighted by Gasteiger charge is -2.07. The molecule has 7 heteroatoms. The highest BCUT2D eigenvalue weighted by Gasteiger charge is 2.19. The minimum atomic E-state index is -0.922. The fourth-order valence-corrected chi connectivity index (χ4v) is 3.06. The number of amides is 1. The van der Waals surface area contributed by atoms with Crippen LogP contribution in [0.4, 0.5) is 13.9 Å². The molecular formula is C18H14F2N2O2S. The molecule has 0 spiro atoms. The van der Waals surface area contributed by atoms with Gasteiger partial charge in [-0.25, -0.2) is 13.8 Å². The summed E-state index contributed by atoms with van der Waals surface area (Å²) in [5, 5.41) is 4.41. The number of thiazole rings is 1. The van der Waals surface area contributed by atoms with E-state index in [1.165, 1.54) is 6.07 Å². The predicted molar refractivity (Wildman–Crippen MR) is 93.2 cm³/mol. The summed E-state index contributed by atoms with van der Waals surface area (Å²) in [7, 11) is 1.56. The maximum Gasteiger partial charge on any atom is 0.263 e. The molecule has 1 aromatic heterocycles. The zero-order chi connectivity index (χ0) is 18.0. The Labute approximate surface area is 147 Å². The van der Waals surface area contributed by atoms with Crippen LogP contribution in [0.15, 0.2) is 41.8 Å². The number of hydrogen-bond donors (Lipinski definition) is 1. The molecule has 128 valence electrons. The van der Waals surface area contributed by atoms with E-state index < -0.39 is 23.1 Å². The van der Waals surface area contributed by atoms with Gasteiger partial charge in [0.1, 0.15) is 22.9 Å². The topological polar surface area (TPSA) is 51.2 Å². The summed E-state index contributed by atoms with van der Waals surface area (Å²) >= 11 is 1.16. The molecule has 4 nitrogen and oxygen atoms in total. The van der Waals surface area contributed by atoms with Gasteiger partial charge in [-0.3, -0.25) is 10.1 Å². The van der Waals surface area contributed by atoms with Gasteiger partial charge in [-0.1, -0.05) is 17.7 Å². The first-order valence-corrected chi connectivity index (χ1v) is 8.23. The number of nitrogens with zero attached hydrogens (tertiary/aromatic N) is 1. The number of methoxy groups -OCH3 is 1. The predicted octanol–water partition coefficient (Wildman–Crippen LogP) is 4.66. The summed E-state index contributed by atoms with van der Waals surface area (Å²) in [5.41, 5.74) is 1.78. The molecule has 25 heavy (non-hydrogen) atoms. The van der Waals surface area contributed by atoms with Gasteiger partial charge >= 0.3 is 0 Å². The Balaban J connectivity index is 1.88. The second-order valence-electron chi connectivity index (χ2n) is 5.29. The van der Waals surface area contributed by atoms with Crippen molar-refractivity contribution in [2.45, 2.75) is 6.92 Å². The van der Waals surface area contributed by atoms with Crippen molar-refractivity contribution >= 4 is 22.4 Å². The van der Waals surface area contributed by atoms with E-state index in [0.717, 1.165) is 34.6 Å². The number of aryl methyl sites for hydroxylation is 1. The first-order chi connectivity index (χ1) is 12.0. The zero-order valence-electron chi connectivity index (χ0n) is 13.5. The van der Waals surface area contributed by atoms with E-state index in [0.29, 0.717) is 11.4 Å². The molecule has 1 heterocycles. The van der Waals surface area contributed by atoms with Gasteiger partial charge in [-0.2, -0.15) is 0 Å².